The van der Waals surface area contributed by atoms with Crippen LogP contribution in [-0.2, 0) is 14.1 Å². The average Bonchev–Trinajstić information content (AvgIpc) is 4.00. The van der Waals surface area contributed by atoms with Gasteiger partial charge in [-0.25, -0.2) is 37.7 Å². The van der Waals surface area contributed by atoms with Gasteiger partial charge in [-0.3, -0.25) is 9.59 Å². The number of carbonyl (C=O) groups is 2. The van der Waals surface area contributed by atoms with Crippen LogP contribution < -0.4 is 0 Å². The maximum Gasteiger partial charge on any atom is 0.271 e. The minimum Gasteiger partial charge on any atom is -0.343 e. The standard InChI is InChI=1S/C40H14F4N8O2S2/c1-48-26(14-47)34-17-5-23(42)25(44)7-19(17)38(54)36(34)50-32-11-30-40(56-32)21-9-27-20(8-28(21)52(30)3)39-29(51(27)2)10-31(55-39)49-35-33(15(12-45)13-46)16-4-22(41)24(43)6-18(16)37(35)53/h4-11H,2-3H3. The van der Waals surface area contributed by atoms with Crippen molar-refractivity contribution in [1.82, 2.24) is 9.13 Å². The highest BCUT2D eigenvalue weighted by Gasteiger charge is 2.37. The number of benzene rings is 3. The third-order valence-electron chi connectivity index (χ3n) is 9.87. The molecular formula is C40H14F4N8O2S2. The van der Waals surface area contributed by atoms with E-state index in [4.69, 9.17) is 6.57 Å². The monoisotopic (exact) mass is 778 g/mol. The zero-order valence-electron chi connectivity index (χ0n) is 28.3. The van der Waals surface area contributed by atoms with Crippen LogP contribution in [0.15, 0.2) is 69.8 Å². The molecule has 0 saturated heterocycles. The van der Waals surface area contributed by atoms with Crippen molar-refractivity contribution < 1.29 is 27.2 Å². The van der Waals surface area contributed by atoms with Crippen molar-refractivity contribution in [2.75, 3.05) is 0 Å². The van der Waals surface area contributed by atoms with E-state index in [0.29, 0.717) is 10.0 Å². The van der Waals surface area contributed by atoms with Gasteiger partial charge in [0, 0.05) is 52.7 Å². The van der Waals surface area contributed by atoms with Crippen molar-refractivity contribution >= 4 is 109 Å². The van der Waals surface area contributed by atoms with Gasteiger partial charge in [-0.15, -0.1) is 22.7 Å². The number of rotatable bonds is 2. The van der Waals surface area contributed by atoms with Gasteiger partial charge in [0.05, 0.1) is 44.1 Å². The molecule has 0 spiro atoms. The Labute approximate surface area is 319 Å². The molecule has 0 bridgehead atoms. The molecule has 0 saturated carbocycles. The first kappa shape index (κ1) is 34.3. The topological polar surface area (TPSA) is 144 Å². The van der Waals surface area contributed by atoms with Crippen LogP contribution in [0.1, 0.15) is 31.8 Å². The van der Waals surface area contributed by atoms with E-state index in [1.54, 1.807) is 30.3 Å². The Bertz CT molecular complexity index is 3160. The fraction of sp³-hybridized carbons (Fsp3) is 0.0500. The minimum absolute atomic E-state index is 0.0795. The summed E-state index contributed by atoms with van der Waals surface area (Å²) in [5.74, 6) is -6.45. The zero-order valence-corrected chi connectivity index (χ0v) is 30.0. The molecule has 0 N–H and O–H groups in total. The van der Waals surface area contributed by atoms with Crippen LogP contribution in [0.4, 0.5) is 27.6 Å². The maximum absolute atomic E-state index is 14.3. The molecule has 4 aromatic heterocycles. The lowest BCUT2D eigenvalue weighted by Gasteiger charge is -2.02. The zero-order chi connectivity index (χ0) is 39.5. The SMILES string of the molecule is [C-]#[N+]C(C#N)=C1C(=Nc2cc3c(s2)c2cc4c(cc2n3C)c2sc(N=C3C(=O)c5cc(F)c(F)cc5C3=C(C#N)C#N)cc2n4C)C(=O)c2cc(F)c(F)cc21. The number of halogens is 4. The van der Waals surface area contributed by atoms with Gasteiger partial charge < -0.3 is 9.13 Å². The second-order valence-electron chi connectivity index (χ2n) is 12.7. The van der Waals surface area contributed by atoms with Gasteiger partial charge in [0.2, 0.25) is 11.6 Å². The Morgan fingerprint density at radius 1 is 0.625 bits per heavy atom. The van der Waals surface area contributed by atoms with E-state index in [9.17, 15) is 42.9 Å². The molecule has 10 nitrogen and oxygen atoms in total. The van der Waals surface area contributed by atoms with E-state index < -0.39 is 46.1 Å². The molecule has 7 aromatic rings. The van der Waals surface area contributed by atoms with Gasteiger partial charge in [-0.1, -0.05) is 0 Å². The van der Waals surface area contributed by atoms with E-state index in [-0.39, 0.29) is 44.8 Å². The van der Waals surface area contributed by atoms with Crippen LogP contribution in [-0.4, -0.2) is 32.1 Å². The molecule has 0 fully saturated rings. The van der Waals surface area contributed by atoms with Gasteiger partial charge in [-0.05, 0) is 54.1 Å². The maximum atomic E-state index is 14.3. The fourth-order valence-electron chi connectivity index (χ4n) is 7.31. The number of nitrogens with zero attached hydrogens (tertiary/aromatic N) is 8. The highest BCUT2D eigenvalue weighted by Crippen LogP contribution is 2.46. The molecule has 2 aliphatic rings. The molecule has 0 unspecified atom stereocenters. The molecule has 0 radical (unpaired) electrons. The summed E-state index contributed by atoms with van der Waals surface area (Å²) in [5, 5.41) is 31.4. The average molecular weight is 779 g/mol. The molecule has 0 amide bonds. The molecule has 9 rings (SSSR count). The number of allylic oxidation sites excluding steroid dienone is 4. The summed E-state index contributed by atoms with van der Waals surface area (Å²) < 4.78 is 62.3. The molecule has 266 valence electrons. The number of nitriles is 3. The quantitative estimate of drug-likeness (QED) is 0.0975. The van der Waals surface area contributed by atoms with Crippen molar-refractivity contribution in [2.24, 2.45) is 24.1 Å². The largest absolute Gasteiger partial charge is 0.343 e. The fourth-order valence-corrected chi connectivity index (χ4v) is 9.49. The van der Waals surface area contributed by atoms with Crippen molar-refractivity contribution in [2.45, 2.75) is 0 Å². The first-order chi connectivity index (χ1) is 26.9. The Morgan fingerprint density at radius 3 is 1.45 bits per heavy atom. The van der Waals surface area contributed by atoms with E-state index >= 15 is 0 Å². The lowest BCUT2D eigenvalue weighted by Crippen LogP contribution is -2.07. The highest BCUT2D eigenvalue weighted by molar-refractivity contribution is 7.24. The minimum atomic E-state index is -1.25. The molecule has 3 aromatic carbocycles. The highest BCUT2D eigenvalue weighted by atomic mass is 32.1. The summed E-state index contributed by atoms with van der Waals surface area (Å²) >= 11 is 2.50. The summed E-state index contributed by atoms with van der Waals surface area (Å²) in [6.45, 7) is 7.48. The molecule has 0 atom stereocenters. The molecule has 56 heavy (non-hydrogen) atoms. The van der Waals surface area contributed by atoms with E-state index in [1.807, 2.05) is 35.4 Å². The number of aryl methyl sites for hydroxylation is 2. The number of hydrogen-bond donors (Lipinski definition) is 0. The smallest absolute Gasteiger partial charge is 0.271 e. The second kappa shape index (κ2) is 12.0. The number of Topliss-reactive ketones (excluding diaryl/α,β-unsaturated/α-hetero) is 2. The Kier molecular flexibility index (Phi) is 7.35. The van der Waals surface area contributed by atoms with Gasteiger partial charge in [0.25, 0.3) is 5.70 Å². The molecule has 16 heteroatoms. The van der Waals surface area contributed by atoms with Crippen molar-refractivity contribution in [3.05, 3.63) is 117 Å². The summed E-state index contributed by atoms with van der Waals surface area (Å²) in [6, 6.07) is 15.7. The van der Waals surface area contributed by atoms with Crippen LogP contribution in [0.2, 0.25) is 0 Å². The molecular weight excluding hydrogens is 765 g/mol. The predicted molar refractivity (Wildman–Crippen MR) is 203 cm³/mol. The molecule has 2 aliphatic carbocycles. The second-order valence-corrected chi connectivity index (χ2v) is 14.8. The number of carbonyl (C=O) groups excluding carboxylic acids is 2. The van der Waals surface area contributed by atoms with Gasteiger partial charge in [0.15, 0.2) is 23.3 Å². The summed E-state index contributed by atoms with van der Waals surface area (Å²) in [7, 11) is 3.69. The third kappa shape index (κ3) is 4.61. The van der Waals surface area contributed by atoms with Gasteiger partial charge >= 0.3 is 0 Å². The van der Waals surface area contributed by atoms with Crippen LogP contribution in [0.3, 0.4) is 0 Å². The summed E-state index contributed by atoms with van der Waals surface area (Å²) in [6.07, 6.45) is 0. The lowest BCUT2D eigenvalue weighted by atomic mass is 10.0. The number of aromatic nitrogens is 2. The Morgan fingerprint density at radius 2 is 1.04 bits per heavy atom. The van der Waals surface area contributed by atoms with E-state index in [0.717, 1.165) is 66.5 Å². The number of ketones is 2. The van der Waals surface area contributed by atoms with Crippen LogP contribution in [0.5, 0.6) is 0 Å². The first-order valence-electron chi connectivity index (χ1n) is 16.2. The summed E-state index contributed by atoms with van der Waals surface area (Å²) in [5.41, 5.74) is 0.803. The summed E-state index contributed by atoms with van der Waals surface area (Å²) in [4.78, 5) is 39.1. The number of hydrogen-bond acceptors (Lipinski definition) is 9. The van der Waals surface area contributed by atoms with Gasteiger partial charge in [-0.2, -0.15) is 10.5 Å². The normalized spacial score (nSPS) is 15.9. The van der Waals surface area contributed by atoms with Crippen LogP contribution in [0, 0.1) is 63.8 Å². The third-order valence-corrected chi connectivity index (χ3v) is 12.0. The Balaban J connectivity index is 1.17. The Hall–Kier alpha value is -7.50. The molecule has 0 aliphatic heterocycles. The number of fused-ring (bicyclic) bond motifs is 8. The lowest BCUT2D eigenvalue weighted by molar-refractivity contribution is 0.106. The van der Waals surface area contributed by atoms with Gasteiger partial charge in [0.1, 0.15) is 39.1 Å². The van der Waals surface area contributed by atoms with Crippen LogP contribution in [0.25, 0.3) is 58.2 Å². The van der Waals surface area contributed by atoms with Crippen molar-refractivity contribution in [1.29, 1.82) is 15.8 Å². The van der Waals surface area contributed by atoms with E-state index in [2.05, 4.69) is 14.8 Å². The van der Waals surface area contributed by atoms with Crippen molar-refractivity contribution in [3.8, 4) is 18.2 Å². The first-order valence-corrected chi connectivity index (χ1v) is 17.8. The van der Waals surface area contributed by atoms with Crippen molar-refractivity contribution in [3.63, 3.8) is 0 Å². The predicted octanol–water partition coefficient (Wildman–Crippen LogP) is 9.55. The van der Waals surface area contributed by atoms with Crippen LogP contribution >= 0.6 is 22.7 Å². The van der Waals surface area contributed by atoms with E-state index in [1.165, 1.54) is 22.7 Å². The number of thiophene rings is 2. The number of aliphatic imine (C=N–C) groups is 2. The molecule has 4 heterocycles.